The molecule has 1 aliphatic carbocycles. The van der Waals surface area contributed by atoms with Gasteiger partial charge in [-0.15, -0.1) is 0 Å². The fraction of sp³-hybridized carbons (Fsp3) is 0.889. The maximum absolute atomic E-state index is 12.8. The van der Waals surface area contributed by atoms with Gasteiger partial charge in [-0.3, -0.25) is 9.35 Å². The summed E-state index contributed by atoms with van der Waals surface area (Å²) in [7, 11) is -5.70. The second-order valence-electron chi connectivity index (χ2n) is 4.21. The van der Waals surface area contributed by atoms with Crippen molar-refractivity contribution < 1.29 is 26.5 Å². The van der Waals surface area contributed by atoms with E-state index in [1.807, 2.05) is 5.32 Å². The van der Waals surface area contributed by atoms with Crippen LogP contribution in [0.1, 0.15) is 32.1 Å². The number of halogens is 2. The van der Waals surface area contributed by atoms with Crippen LogP contribution in [0.15, 0.2) is 0 Å². The molecular formula is C9H15F2NO4S. The van der Waals surface area contributed by atoms with Crippen LogP contribution in [-0.2, 0) is 14.9 Å². The van der Waals surface area contributed by atoms with Gasteiger partial charge in [0.25, 0.3) is 0 Å². The van der Waals surface area contributed by atoms with Gasteiger partial charge in [0.05, 0.1) is 0 Å². The monoisotopic (exact) mass is 271 g/mol. The lowest BCUT2D eigenvalue weighted by atomic mass is 9.89. The smallest absolute Gasteiger partial charge is 0.350 e. The molecular weight excluding hydrogens is 256 g/mol. The molecule has 1 amide bonds. The number of alkyl halides is 2. The van der Waals surface area contributed by atoms with Gasteiger partial charge in [0.2, 0.25) is 0 Å². The largest absolute Gasteiger partial charge is 0.446 e. The van der Waals surface area contributed by atoms with Gasteiger partial charge in [-0.05, 0) is 18.8 Å². The highest BCUT2D eigenvalue weighted by atomic mass is 32.2. The van der Waals surface area contributed by atoms with Crippen LogP contribution < -0.4 is 5.32 Å². The summed E-state index contributed by atoms with van der Waals surface area (Å²) in [4.78, 5) is 11.0. The van der Waals surface area contributed by atoms with E-state index in [1.165, 1.54) is 0 Å². The molecule has 0 saturated heterocycles. The molecule has 0 bridgehead atoms. The van der Waals surface area contributed by atoms with E-state index in [9.17, 15) is 22.0 Å². The van der Waals surface area contributed by atoms with Gasteiger partial charge in [-0.25, -0.2) is 0 Å². The van der Waals surface area contributed by atoms with Gasteiger partial charge in [-0.2, -0.15) is 17.2 Å². The van der Waals surface area contributed by atoms with Crippen LogP contribution in [0.4, 0.5) is 8.78 Å². The molecule has 5 nitrogen and oxygen atoms in total. The fourth-order valence-electron chi connectivity index (χ4n) is 1.85. The molecule has 0 aromatic rings. The molecule has 0 heterocycles. The Kier molecular flexibility index (Phi) is 4.42. The number of nitrogens with one attached hydrogen (secondary N) is 1. The van der Waals surface area contributed by atoms with E-state index in [4.69, 9.17) is 4.55 Å². The van der Waals surface area contributed by atoms with Crippen molar-refractivity contribution in [3.05, 3.63) is 0 Å². The SMILES string of the molecule is O=C(NCC1CCCCC1)C(F)(F)S(=O)(=O)O. The lowest BCUT2D eigenvalue weighted by molar-refractivity contribution is -0.136. The lowest BCUT2D eigenvalue weighted by Gasteiger charge is -2.22. The average Bonchev–Trinajstić information content (AvgIpc) is 2.25. The van der Waals surface area contributed by atoms with Crippen molar-refractivity contribution in [3.8, 4) is 0 Å². The Bertz CT molecular complexity index is 376. The average molecular weight is 271 g/mol. The van der Waals surface area contributed by atoms with Gasteiger partial charge < -0.3 is 5.32 Å². The molecule has 2 N–H and O–H groups in total. The summed E-state index contributed by atoms with van der Waals surface area (Å²) in [5.74, 6) is -1.87. The molecule has 100 valence electrons. The van der Waals surface area contributed by atoms with Crippen LogP contribution in [0.2, 0.25) is 0 Å². The zero-order chi connectivity index (χ0) is 13.1. The molecule has 1 aliphatic rings. The molecule has 1 saturated carbocycles. The van der Waals surface area contributed by atoms with Crippen LogP contribution in [0.5, 0.6) is 0 Å². The zero-order valence-corrected chi connectivity index (χ0v) is 9.97. The second-order valence-corrected chi connectivity index (χ2v) is 5.67. The van der Waals surface area contributed by atoms with E-state index in [2.05, 4.69) is 0 Å². The molecule has 1 rings (SSSR count). The summed E-state index contributed by atoms with van der Waals surface area (Å²) in [5.41, 5.74) is 0. The molecule has 0 unspecified atom stereocenters. The van der Waals surface area contributed by atoms with Crippen LogP contribution in [0, 0.1) is 5.92 Å². The Morgan fingerprint density at radius 2 is 1.82 bits per heavy atom. The predicted molar refractivity (Wildman–Crippen MR) is 56.1 cm³/mol. The van der Waals surface area contributed by atoms with Gasteiger partial charge in [0, 0.05) is 6.54 Å². The minimum Gasteiger partial charge on any atom is -0.350 e. The number of hydrogen-bond acceptors (Lipinski definition) is 3. The van der Waals surface area contributed by atoms with Gasteiger partial charge in [-0.1, -0.05) is 19.3 Å². The van der Waals surface area contributed by atoms with Gasteiger partial charge >= 0.3 is 21.3 Å². The fourth-order valence-corrected chi connectivity index (χ4v) is 2.15. The Balaban J connectivity index is 2.49. The highest BCUT2D eigenvalue weighted by Gasteiger charge is 2.52. The van der Waals surface area contributed by atoms with Gasteiger partial charge in [0.15, 0.2) is 0 Å². The standard InChI is InChI=1S/C9H15F2NO4S/c10-9(11,17(14,15)16)8(13)12-6-7-4-2-1-3-5-7/h7H,1-6H2,(H,12,13)(H,14,15,16). The molecule has 0 radical (unpaired) electrons. The van der Waals surface area contributed by atoms with E-state index < -0.39 is 21.3 Å². The number of hydrogen-bond donors (Lipinski definition) is 2. The summed E-state index contributed by atoms with van der Waals surface area (Å²) < 4.78 is 54.5. The molecule has 1 fully saturated rings. The predicted octanol–water partition coefficient (Wildman–Crippen LogP) is 1.16. The maximum Gasteiger partial charge on any atom is 0.446 e. The van der Waals surface area contributed by atoms with Crippen LogP contribution in [-0.4, -0.2) is 30.7 Å². The third kappa shape index (κ3) is 3.60. The van der Waals surface area contributed by atoms with E-state index >= 15 is 0 Å². The Labute approximate surface area is 98.3 Å². The minimum absolute atomic E-state index is 0.0178. The van der Waals surface area contributed by atoms with Crippen LogP contribution in [0.25, 0.3) is 0 Å². The van der Waals surface area contributed by atoms with Crippen molar-refractivity contribution in [1.82, 2.24) is 5.32 Å². The zero-order valence-electron chi connectivity index (χ0n) is 9.16. The molecule has 0 spiro atoms. The van der Waals surface area contributed by atoms with Crippen LogP contribution >= 0.6 is 0 Å². The first-order valence-electron chi connectivity index (χ1n) is 5.38. The number of rotatable bonds is 4. The van der Waals surface area contributed by atoms with Crippen molar-refractivity contribution >= 4 is 16.0 Å². The second kappa shape index (κ2) is 5.26. The molecule has 8 heteroatoms. The van der Waals surface area contributed by atoms with Crippen molar-refractivity contribution in [2.45, 2.75) is 37.4 Å². The summed E-state index contributed by atoms with van der Waals surface area (Å²) in [6.45, 7) is 0.0178. The normalized spacial score (nSPS) is 19.0. The van der Waals surface area contributed by atoms with Crippen molar-refractivity contribution in [1.29, 1.82) is 0 Å². The lowest BCUT2D eigenvalue weighted by Crippen LogP contribution is -2.47. The molecule has 0 aromatic heterocycles. The minimum atomic E-state index is -5.70. The Morgan fingerprint density at radius 1 is 1.29 bits per heavy atom. The first kappa shape index (κ1) is 14.3. The van der Waals surface area contributed by atoms with Crippen molar-refractivity contribution in [2.24, 2.45) is 5.92 Å². The molecule has 17 heavy (non-hydrogen) atoms. The quantitative estimate of drug-likeness (QED) is 0.752. The number of carbonyl (C=O) groups excluding carboxylic acids is 1. The summed E-state index contributed by atoms with van der Waals surface area (Å²) in [6, 6.07) is 0. The Hall–Kier alpha value is -0.760. The first-order chi connectivity index (χ1) is 7.75. The Morgan fingerprint density at radius 3 is 2.29 bits per heavy atom. The van der Waals surface area contributed by atoms with Crippen LogP contribution in [0.3, 0.4) is 0 Å². The maximum atomic E-state index is 12.8. The third-order valence-electron chi connectivity index (χ3n) is 2.86. The molecule has 0 atom stereocenters. The number of carbonyl (C=O) groups is 1. The van der Waals surface area contributed by atoms with E-state index in [0.717, 1.165) is 32.1 Å². The molecule has 0 aliphatic heterocycles. The van der Waals surface area contributed by atoms with E-state index in [0.29, 0.717) is 0 Å². The highest BCUT2D eigenvalue weighted by molar-refractivity contribution is 7.87. The summed E-state index contributed by atoms with van der Waals surface area (Å²) in [6.07, 6.45) is 4.71. The highest BCUT2D eigenvalue weighted by Crippen LogP contribution is 2.24. The topological polar surface area (TPSA) is 83.5 Å². The third-order valence-corrected chi connectivity index (χ3v) is 3.70. The van der Waals surface area contributed by atoms with E-state index in [-0.39, 0.29) is 12.5 Å². The molecule has 0 aromatic carbocycles. The summed E-state index contributed by atoms with van der Waals surface area (Å²) >= 11 is 0. The summed E-state index contributed by atoms with van der Waals surface area (Å²) in [5, 5.41) is -2.91. The number of amides is 1. The van der Waals surface area contributed by atoms with Crippen molar-refractivity contribution in [3.63, 3.8) is 0 Å². The van der Waals surface area contributed by atoms with Gasteiger partial charge in [0.1, 0.15) is 0 Å². The first-order valence-corrected chi connectivity index (χ1v) is 6.82. The van der Waals surface area contributed by atoms with E-state index in [1.54, 1.807) is 0 Å². The van der Waals surface area contributed by atoms with Crippen molar-refractivity contribution in [2.75, 3.05) is 6.54 Å².